The van der Waals surface area contributed by atoms with Gasteiger partial charge in [-0.15, -0.1) is 0 Å². The number of aryl methyl sites for hydroxylation is 2. The molecule has 0 atom stereocenters. The molecule has 3 heterocycles. The monoisotopic (exact) mass is 414 g/mol. The van der Waals surface area contributed by atoms with Crippen molar-refractivity contribution >= 4 is 23.7 Å². The number of hydrogen-bond acceptors (Lipinski definition) is 8. The molecule has 0 amide bonds. The van der Waals surface area contributed by atoms with Crippen LogP contribution in [0.15, 0.2) is 11.1 Å². The molecule has 2 aromatic heterocycles. The van der Waals surface area contributed by atoms with Crippen molar-refractivity contribution in [3.05, 3.63) is 39.8 Å². The van der Waals surface area contributed by atoms with Gasteiger partial charge in [0.25, 0.3) is 0 Å². The van der Waals surface area contributed by atoms with Crippen molar-refractivity contribution < 1.29 is 19.1 Å². The summed E-state index contributed by atoms with van der Waals surface area (Å²) >= 11 is 1.31. The highest BCUT2D eigenvalue weighted by Gasteiger charge is 2.26. The predicted octanol–water partition coefficient (Wildman–Crippen LogP) is 3.05. The fourth-order valence-corrected chi connectivity index (χ4v) is 4.25. The number of thioether (sulfide) groups is 1. The Kier molecular flexibility index (Phi) is 6.54. The predicted molar refractivity (Wildman–Crippen MR) is 106 cm³/mol. The third-order valence-electron chi connectivity index (χ3n) is 4.69. The molecule has 0 aromatic carbocycles. The lowest BCUT2D eigenvalue weighted by atomic mass is 10.1. The summed E-state index contributed by atoms with van der Waals surface area (Å²) in [7, 11) is 1.36. The van der Waals surface area contributed by atoms with Crippen LogP contribution >= 0.6 is 11.8 Å². The Morgan fingerprint density at radius 3 is 2.83 bits per heavy atom. The Morgan fingerprint density at radius 1 is 1.34 bits per heavy atom. The number of aromatic nitrogens is 3. The Balaban J connectivity index is 1.89. The zero-order valence-electron chi connectivity index (χ0n) is 16.7. The molecular formula is C20H22N4O4S. The molecule has 0 fully saturated rings. The lowest BCUT2D eigenvalue weighted by molar-refractivity contribution is 0.0523. The Morgan fingerprint density at radius 2 is 2.14 bits per heavy atom. The van der Waals surface area contributed by atoms with Crippen LogP contribution in [-0.4, -0.2) is 40.4 Å². The Hall–Kier alpha value is -2.86. The summed E-state index contributed by atoms with van der Waals surface area (Å²) in [5, 5.41) is 14.6. The van der Waals surface area contributed by atoms with Crippen molar-refractivity contribution in [1.82, 2.24) is 14.8 Å². The second kappa shape index (κ2) is 9.09. The third kappa shape index (κ3) is 4.27. The Labute approximate surface area is 173 Å². The minimum Gasteiger partial charge on any atom is -0.465 e. The van der Waals surface area contributed by atoms with Crippen molar-refractivity contribution in [3.63, 3.8) is 0 Å². The van der Waals surface area contributed by atoms with Crippen LogP contribution in [0.4, 0.5) is 0 Å². The highest BCUT2D eigenvalue weighted by atomic mass is 32.2. The van der Waals surface area contributed by atoms with Crippen molar-refractivity contribution in [2.75, 3.05) is 13.7 Å². The van der Waals surface area contributed by atoms with Crippen LogP contribution < -0.4 is 0 Å². The molecule has 0 aliphatic carbocycles. The number of hydrogen-bond donors (Lipinski definition) is 0. The number of pyridine rings is 1. The number of esters is 2. The summed E-state index contributed by atoms with van der Waals surface area (Å²) < 4.78 is 11.9. The number of fused-ring (bicyclic) bond motifs is 1. The van der Waals surface area contributed by atoms with E-state index in [4.69, 9.17) is 9.47 Å². The molecule has 29 heavy (non-hydrogen) atoms. The van der Waals surface area contributed by atoms with E-state index in [0.717, 1.165) is 31.5 Å². The maximum atomic E-state index is 12.3. The first-order chi connectivity index (χ1) is 14.0. The highest BCUT2D eigenvalue weighted by Crippen LogP contribution is 2.30. The smallest absolute Gasteiger partial charge is 0.341 e. The van der Waals surface area contributed by atoms with Gasteiger partial charge in [-0.2, -0.15) is 10.4 Å². The lowest BCUT2D eigenvalue weighted by Crippen LogP contribution is -2.14. The van der Waals surface area contributed by atoms with E-state index in [1.165, 1.54) is 24.9 Å². The Bertz CT molecular complexity index is 993. The van der Waals surface area contributed by atoms with Gasteiger partial charge in [0.1, 0.15) is 16.7 Å². The summed E-state index contributed by atoms with van der Waals surface area (Å²) in [4.78, 5) is 28.8. The number of nitriles is 1. The number of rotatable bonds is 6. The molecule has 0 saturated carbocycles. The summed E-state index contributed by atoms with van der Waals surface area (Å²) in [6, 6.07) is 3.59. The highest BCUT2D eigenvalue weighted by molar-refractivity contribution is 7.98. The van der Waals surface area contributed by atoms with E-state index in [1.807, 2.05) is 4.68 Å². The zero-order valence-corrected chi connectivity index (χ0v) is 17.5. The van der Waals surface area contributed by atoms with E-state index in [-0.39, 0.29) is 17.7 Å². The van der Waals surface area contributed by atoms with Crippen molar-refractivity contribution in [2.45, 2.75) is 50.4 Å². The van der Waals surface area contributed by atoms with Gasteiger partial charge >= 0.3 is 11.9 Å². The molecule has 1 aliphatic heterocycles. The molecule has 0 unspecified atom stereocenters. The fraction of sp³-hybridized carbons (Fsp3) is 0.450. The van der Waals surface area contributed by atoms with Crippen molar-refractivity contribution in [2.24, 2.45) is 0 Å². The molecule has 152 valence electrons. The van der Waals surface area contributed by atoms with E-state index in [9.17, 15) is 14.9 Å². The number of nitrogens with zero attached hydrogens (tertiary/aromatic N) is 4. The molecule has 0 radical (unpaired) electrons. The second-order valence-electron chi connectivity index (χ2n) is 6.54. The molecule has 0 N–H and O–H groups in total. The number of ether oxygens (including phenoxy) is 2. The maximum Gasteiger partial charge on any atom is 0.341 e. The summed E-state index contributed by atoms with van der Waals surface area (Å²) in [5.74, 6) is -0.532. The maximum absolute atomic E-state index is 12.3. The topological polar surface area (TPSA) is 107 Å². The van der Waals surface area contributed by atoms with Gasteiger partial charge in [-0.1, -0.05) is 11.8 Å². The minimum absolute atomic E-state index is 0.248. The van der Waals surface area contributed by atoms with E-state index in [1.54, 1.807) is 13.8 Å². The first-order valence-electron chi connectivity index (χ1n) is 9.38. The number of carbonyl (C=O) groups excluding carboxylic acids is 2. The quantitative estimate of drug-likeness (QED) is 0.524. The largest absolute Gasteiger partial charge is 0.465 e. The molecule has 3 rings (SSSR count). The molecule has 9 heteroatoms. The van der Waals surface area contributed by atoms with Crippen molar-refractivity contribution in [3.8, 4) is 6.07 Å². The fourth-order valence-electron chi connectivity index (χ4n) is 3.31. The van der Waals surface area contributed by atoms with Crippen LogP contribution in [-0.2, 0) is 28.2 Å². The first kappa shape index (κ1) is 20.9. The minimum atomic E-state index is -0.500. The molecule has 1 aliphatic rings. The van der Waals surface area contributed by atoms with Crippen LogP contribution in [0.25, 0.3) is 0 Å². The molecular weight excluding hydrogens is 392 g/mol. The molecule has 8 nitrogen and oxygen atoms in total. The van der Waals surface area contributed by atoms with Gasteiger partial charge in [0, 0.05) is 12.3 Å². The van der Waals surface area contributed by atoms with Gasteiger partial charge in [0.05, 0.1) is 41.9 Å². The van der Waals surface area contributed by atoms with Crippen LogP contribution in [0, 0.1) is 18.3 Å². The van der Waals surface area contributed by atoms with Gasteiger partial charge in [0.2, 0.25) is 0 Å². The second-order valence-corrected chi connectivity index (χ2v) is 7.50. The van der Waals surface area contributed by atoms with Gasteiger partial charge < -0.3 is 9.47 Å². The van der Waals surface area contributed by atoms with E-state index < -0.39 is 11.9 Å². The van der Waals surface area contributed by atoms with E-state index >= 15 is 0 Å². The zero-order chi connectivity index (χ0) is 21.0. The molecule has 2 aromatic rings. The van der Waals surface area contributed by atoms with Crippen LogP contribution in [0.2, 0.25) is 0 Å². The average molecular weight is 414 g/mol. The summed E-state index contributed by atoms with van der Waals surface area (Å²) in [6.45, 7) is 4.45. The molecule has 0 spiro atoms. The number of methoxy groups -OCH3 is 1. The van der Waals surface area contributed by atoms with Gasteiger partial charge in [-0.05, 0) is 39.2 Å². The normalized spacial score (nSPS) is 12.8. The first-order valence-corrected chi connectivity index (χ1v) is 10.4. The summed E-state index contributed by atoms with van der Waals surface area (Å²) in [5.41, 5.74) is 3.09. The summed E-state index contributed by atoms with van der Waals surface area (Å²) in [6.07, 6.45) is 2.82. The van der Waals surface area contributed by atoms with E-state index in [2.05, 4.69) is 16.2 Å². The standard InChI is InChI=1S/C20H22N4O4S/c1-4-28-19(25)14-9-13(10-21)18(22-12(14)2)29-11-15-17(20(26)27-3)16-7-5-6-8-24(16)23-15/h9H,4-8,11H2,1-3H3. The lowest BCUT2D eigenvalue weighted by Gasteiger charge is -2.13. The van der Waals surface area contributed by atoms with Crippen LogP contribution in [0.3, 0.4) is 0 Å². The van der Waals surface area contributed by atoms with Gasteiger partial charge in [-0.3, -0.25) is 4.68 Å². The van der Waals surface area contributed by atoms with Crippen molar-refractivity contribution in [1.29, 1.82) is 5.26 Å². The van der Waals surface area contributed by atoms with E-state index in [0.29, 0.717) is 27.7 Å². The molecule has 0 saturated heterocycles. The van der Waals surface area contributed by atoms with Crippen LogP contribution in [0.1, 0.15) is 63.1 Å². The number of carbonyl (C=O) groups is 2. The van der Waals surface area contributed by atoms with Gasteiger partial charge in [0.15, 0.2) is 0 Å². The SMILES string of the molecule is CCOC(=O)c1cc(C#N)c(SCc2nn3c(c2C(=O)OC)CCCC3)nc1C. The van der Waals surface area contributed by atoms with Crippen LogP contribution in [0.5, 0.6) is 0 Å². The third-order valence-corrected chi connectivity index (χ3v) is 5.70. The average Bonchev–Trinajstić information content (AvgIpc) is 3.10. The molecule has 0 bridgehead atoms. The van der Waals surface area contributed by atoms with Gasteiger partial charge in [-0.25, -0.2) is 14.6 Å².